The molecule has 0 aliphatic heterocycles. The molecule has 0 bridgehead atoms. The molecule has 3 N–H and O–H groups in total. The molecule has 0 aliphatic carbocycles. The Morgan fingerprint density at radius 1 is 0.941 bits per heavy atom. The fourth-order valence-corrected chi connectivity index (χ4v) is 4.14. The van der Waals surface area contributed by atoms with Gasteiger partial charge in [0.2, 0.25) is 5.88 Å². The Bertz CT molecular complexity index is 1460. The molecule has 5 aromatic rings. The van der Waals surface area contributed by atoms with Crippen LogP contribution in [-0.2, 0) is 6.61 Å². The summed E-state index contributed by atoms with van der Waals surface area (Å²) in [6.45, 7) is 2.40. The van der Waals surface area contributed by atoms with Crippen molar-refractivity contribution in [3.8, 4) is 34.3 Å². The van der Waals surface area contributed by atoms with E-state index in [4.69, 9.17) is 15.2 Å². The van der Waals surface area contributed by atoms with Crippen LogP contribution in [0.2, 0.25) is 0 Å². The number of aryl methyl sites for hydroxylation is 1. The molecule has 2 heterocycles. The van der Waals surface area contributed by atoms with Crippen molar-refractivity contribution in [3.05, 3.63) is 90.3 Å². The zero-order valence-corrected chi connectivity index (χ0v) is 18.9. The molecule has 0 fully saturated rings. The molecular weight excluding hydrogens is 428 g/mol. The van der Waals surface area contributed by atoms with Gasteiger partial charge in [-0.3, -0.25) is 0 Å². The van der Waals surface area contributed by atoms with Gasteiger partial charge in [-0.1, -0.05) is 42.5 Å². The maximum Gasteiger partial charge on any atom is 0.239 e. The third-order valence-corrected chi connectivity index (χ3v) is 5.79. The lowest BCUT2D eigenvalue weighted by Gasteiger charge is -2.16. The van der Waals surface area contributed by atoms with Gasteiger partial charge in [0, 0.05) is 17.3 Å². The molecule has 7 nitrogen and oxygen atoms in total. The van der Waals surface area contributed by atoms with Crippen LogP contribution in [0.3, 0.4) is 0 Å². The molecule has 0 aliphatic rings. The van der Waals surface area contributed by atoms with E-state index in [0.29, 0.717) is 34.8 Å². The first-order valence-electron chi connectivity index (χ1n) is 10.8. The molecule has 0 saturated heterocycles. The Labute approximate surface area is 197 Å². The van der Waals surface area contributed by atoms with Crippen molar-refractivity contribution in [3.63, 3.8) is 0 Å². The van der Waals surface area contributed by atoms with Crippen LogP contribution in [0, 0.1) is 6.92 Å². The van der Waals surface area contributed by atoms with E-state index >= 15 is 0 Å². The highest BCUT2D eigenvalue weighted by Gasteiger charge is 2.22. The standard InChI is InChI=1S/C27H24N4O3/c1-17-24-26(27(32)30-16-29-24)31(25(17)19-8-10-20(28)11-9-19)21-12-13-22(23(14-21)33-2)34-15-18-6-4-3-5-7-18/h3-14,16H,15,28H2,1-2H3,(H,29,30,32). The zero-order chi connectivity index (χ0) is 23.7. The second-order valence-corrected chi connectivity index (χ2v) is 7.93. The highest BCUT2D eigenvalue weighted by atomic mass is 16.5. The number of aromatic hydroxyl groups is 1. The van der Waals surface area contributed by atoms with Crippen molar-refractivity contribution >= 4 is 16.7 Å². The van der Waals surface area contributed by atoms with Crippen molar-refractivity contribution in [1.29, 1.82) is 0 Å². The molecule has 0 unspecified atom stereocenters. The van der Waals surface area contributed by atoms with Crippen LogP contribution in [0.1, 0.15) is 11.1 Å². The topological polar surface area (TPSA) is 95.4 Å². The number of ether oxygens (including phenoxy) is 2. The summed E-state index contributed by atoms with van der Waals surface area (Å²) in [6.07, 6.45) is 1.36. The van der Waals surface area contributed by atoms with E-state index in [2.05, 4.69) is 9.97 Å². The second-order valence-electron chi connectivity index (χ2n) is 7.93. The Morgan fingerprint density at radius 3 is 2.44 bits per heavy atom. The minimum atomic E-state index is -0.0989. The van der Waals surface area contributed by atoms with Crippen LogP contribution in [0.25, 0.3) is 28.0 Å². The molecule has 7 heteroatoms. The minimum absolute atomic E-state index is 0.0989. The summed E-state index contributed by atoms with van der Waals surface area (Å²) in [5.41, 5.74) is 12.4. The lowest BCUT2D eigenvalue weighted by atomic mass is 10.1. The van der Waals surface area contributed by atoms with Crippen molar-refractivity contribution < 1.29 is 14.6 Å². The zero-order valence-electron chi connectivity index (χ0n) is 18.9. The number of anilines is 1. The Balaban J connectivity index is 1.65. The van der Waals surface area contributed by atoms with Crippen molar-refractivity contribution in [1.82, 2.24) is 14.5 Å². The second kappa shape index (κ2) is 8.78. The molecule has 5 rings (SSSR count). The van der Waals surface area contributed by atoms with Crippen LogP contribution in [-0.4, -0.2) is 26.8 Å². The molecule has 0 radical (unpaired) electrons. The summed E-state index contributed by atoms with van der Waals surface area (Å²) in [5, 5.41) is 10.7. The SMILES string of the molecule is COc1cc(-n2c(-c3ccc(N)cc3)c(C)c3ncnc(O)c32)ccc1OCc1ccccc1. The van der Waals surface area contributed by atoms with Gasteiger partial charge in [-0.15, -0.1) is 0 Å². The number of hydrogen-bond acceptors (Lipinski definition) is 6. The van der Waals surface area contributed by atoms with Gasteiger partial charge in [0.1, 0.15) is 18.5 Å². The van der Waals surface area contributed by atoms with E-state index < -0.39 is 0 Å². The molecular formula is C27H24N4O3. The molecule has 170 valence electrons. The monoisotopic (exact) mass is 452 g/mol. The molecule has 0 saturated carbocycles. The van der Waals surface area contributed by atoms with E-state index in [0.717, 1.165) is 28.1 Å². The smallest absolute Gasteiger partial charge is 0.239 e. The fourth-order valence-electron chi connectivity index (χ4n) is 4.14. The first-order chi connectivity index (χ1) is 16.6. The van der Waals surface area contributed by atoms with Crippen LogP contribution in [0.15, 0.2) is 79.1 Å². The third-order valence-electron chi connectivity index (χ3n) is 5.79. The average molecular weight is 453 g/mol. The maximum atomic E-state index is 10.7. The predicted molar refractivity (Wildman–Crippen MR) is 132 cm³/mol. The number of hydrogen-bond donors (Lipinski definition) is 2. The lowest BCUT2D eigenvalue weighted by Crippen LogP contribution is -2.01. The minimum Gasteiger partial charge on any atom is -0.493 e. The quantitative estimate of drug-likeness (QED) is 0.341. The number of methoxy groups -OCH3 is 1. The highest BCUT2D eigenvalue weighted by Crippen LogP contribution is 2.40. The van der Waals surface area contributed by atoms with Gasteiger partial charge in [0.05, 0.1) is 24.0 Å². The molecule has 3 aromatic carbocycles. The Kier molecular flexibility index (Phi) is 5.51. The molecule has 0 atom stereocenters. The normalized spacial score (nSPS) is 11.0. The van der Waals surface area contributed by atoms with Crippen LogP contribution in [0.5, 0.6) is 17.4 Å². The number of nitrogens with two attached hydrogens (primary N) is 1. The summed E-state index contributed by atoms with van der Waals surface area (Å²) >= 11 is 0. The van der Waals surface area contributed by atoms with E-state index in [1.54, 1.807) is 7.11 Å². The van der Waals surface area contributed by atoms with Gasteiger partial charge in [0.25, 0.3) is 0 Å². The Hall–Kier alpha value is -4.52. The first kappa shape index (κ1) is 21.3. The summed E-state index contributed by atoms with van der Waals surface area (Å²) in [7, 11) is 1.61. The van der Waals surface area contributed by atoms with E-state index in [1.807, 2.05) is 84.3 Å². The first-order valence-corrected chi connectivity index (χ1v) is 10.8. The summed E-state index contributed by atoms with van der Waals surface area (Å²) in [6, 6.07) is 23.2. The van der Waals surface area contributed by atoms with E-state index in [9.17, 15) is 5.11 Å². The molecule has 0 spiro atoms. The van der Waals surface area contributed by atoms with Crippen LogP contribution in [0.4, 0.5) is 5.69 Å². The van der Waals surface area contributed by atoms with E-state index in [1.165, 1.54) is 6.33 Å². The van der Waals surface area contributed by atoms with Gasteiger partial charge in [0.15, 0.2) is 11.5 Å². The highest BCUT2D eigenvalue weighted by molar-refractivity contribution is 5.93. The van der Waals surface area contributed by atoms with Gasteiger partial charge in [-0.25, -0.2) is 9.97 Å². The summed E-state index contributed by atoms with van der Waals surface area (Å²) in [5.74, 6) is 1.10. The summed E-state index contributed by atoms with van der Waals surface area (Å²) < 4.78 is 13.6. The number of fused-ring (bicyclic) bond motifs is 1. The molecule has 2 aromatic heterocycles. The summed E-state index contributed by atoms with van der Waals surface area (Å²) in [4.78, 5) is 8.47. The maximum absolute atomic E-state index is 10.7. The third kappa shape index (κ3) is 3.77. The lowest BCUT2D eigenvalue weighted by molar-refractivity contribution is 0.284. The number of nitrogens with zero attached hydrogens (tertiary/aromatic N) is 3. The van der Waals surface area contributed by atoms with Crippen LogP contribution < -0.4 is 15.2 Å². The number of nitrogen functional groups attached to an aromatic ring is 1. The van der Waals surface area contributed by atoms with Gasteiger partial charge < -0.3 is 24.9 Å². The van der Waals surface area contributed by atoms with Gasteiger partial charge in [-0.2, -0.15) is 0 Å². The molecule has 0 amide bonds. The average Bonchev–Trinajstić information content (AvgIpc) is 3.17. The van der Waals surface area contributed by atoms with Gasteiger partial charge in [-0.05, 0) is 42.3 Å². The fraction of sp³-hybridized carbons (Fsp3) is 0.111. The molecule has 34 heavy (non-hydrogen) atoms. The Morgan fingerprint density at radius 2 is 1.71 bits per heavy atom. The van der Waals surface area contributed by atoms with Crippen molar-refractivity contribution in [2.24, 2.45) is 0 Å². The predicted octanol–water partition coefficient (Wildman–Crippen LogP) is 5.27. The number of aromatic nitrogens is 3. The largest absolute Gasteiger partial charge is 0.493 e. The van der Waals surface area contributed by atoms with Crippen molar-refractivity contribution in [2.75, 3.05) is 12.8 Å². The number of rotatable bonds is 6. The van der Waals surface area contributed by atoms with Gasteiger partial charge >= 0.3 is 0 Å². The number of benzene rings is 3. The van der Waals surface area contributed by atoms with Crippen LogP contribution >= 0.6 is 0 Å². The van der Waals surface area contributed by atoms with E-state index in [-0.39, 0.29) is 5.88 Å². The van der Waals surface area contributed by atoms with Crippen molar-refractivity contribution in [2.45, 2.75) is 13.5 Å².